The summed E-state index contributed by atoms with van der Waals surface area (Å²) in [6, 6.07) is 7.74. The van der Waals surface area contributed by atoms with Gasteiger partial charge in [-0.15, -0.1) is 0 Å². The molecule has 1 aliphatic carbocycles. The van der Waals surface area contributed by atoms with E-state index in [1.54, 1.807) is 25.2 Å². The van der Waals surface area contributed by atoms with E-state index in [0.29, 0.717) is 11.3 Å². The Balaban J connectivity index is 1.73. The smallest absolute Gasteiger partial charge is 0.255 e. The lowest BCUT2D eigenvalue weighted by molar-refractivity contribution is 0.0950. The normalized spacial score (nSPS) is 13.4. The predicted octanol–water partition coefficient (Wildman–Crippen LogP) is 2.18. The quantitative estimate of drug-likeness (QED) is 0.891. The van der Waals surface area contributed by atoms with E-state index in [0.717, 1.165) is 12.8 Å². The van der Waals surface area contributed by atoms with Crippen LogP contribution in [0.4, 0.5) is 5.69 Å². The standard InChI is InChI=1S/C17H16ClN3O3/c1-21-7-6-10(8-15(21)22)16(23)20-12-4-5-13(14(18)9-12)17(24)19-11-2-3-11/h4-9,11H,2-3H2,1H3,(H,19,24)(H,20,23). The number of amides is 2. The molecule has 0 bridgehead atoms. The molecule has 1 saturated carbocycles. The number of benzene rings is 1. The van der Waals surface area contributed by atoms with Crippen LogP contribution in [0.5, 0.6) is 0 Å². The maximum atomic E-state index is 12.2. The van der Waals surface area contributed by atoms with Crippen LogP contribution >= 0.6 is 11.6 Å². The number of carbonyl (C=O) groups excluding carboxylic acids is 2. The van der Waals surface area contributed by atoms with Gasteiger partial charge in [0.2, 0.25) is 0 Å². The van der Waals surface area contributed by atoms with Gasteiger partial charge >= 0.3 is 0 Å². The predicted molar refractivity (Wildman–Crippen MR) is 91.6 cm³/mol. The molecule has 1 heterocycles. The van der Waals surface area contributed by atoms with E-state index in [-0.39, 0.29) is 28.1 Å². The van der Waals surface area contributed by atoms with Crippen molar-refractivity contribution in [3.05, 3.63) is 63.0 Å². The van der Waals surface area contributed by atoms with E-state index in [1.165, 1.54) is 22.9 Å². The lowest BCUT2D eigenvalue weighted by Gasteiger charge is -2.09. The van der Waals surface area contributed by atoms with Crippen LogP contribution in [0.1, 0.15) is 33.6 Å². The van der Waals surface area contributed by atoms with Gasteiger partial charge in [-0.1, -0.05) is 11.6 Å². The summed E-state index contributed by atoms with van der Waals surface area (Å²) in [6.45, 7) is 0. The molecule has 0 aliphatic heterocycles. The molecule has 3 rings (SSSR count). The summed E-state index contributed by atoms with van der Waals surface area (Å²) in [6.07, 6.45) is 3.51. The number of aryl methyl sites for hydroxylation is 1. The molecule has 24 heavy (non-hydrogen) atoms. The SMILES string of the molecule is Cn1ccc(C(=O)Nc2ccc(C(=O)NC3CC3)c(Cl)c2)cc1=O. The van der Waals surface area contributed by atoms with Gasteiger partial charge in [0.25, 0.3) is 17.4 Å². The molecule has 0 unspecified atom stereocenters. The molecule has 6 nitrogen and oxygen atoms in total. The van der Waals surface area contributed by atoms with Crippen LogP contribution in [0.3, 0.4) is 0 Å². The summed E-state index contributed by atoms with van der Waals surface area (Å²) < 4.78 is 1.38. The van der Waals surface area contributed by atoms with Crippen molar-refractivity contribution in [1.82, 2.24) is 9.88 Å². The number of nitrogens with one attached hydrogen (secondary N) is 2. The molecular formula is C17H16ClN3O3. The first-order valence-electron chi connectivity index (χ1n) is 7.52. The zero-order valence-corrected chi connectivity index (χ0v) is 13.8. The number of carbonyl (C=O) groups is 2. The van der Waals surface area contributed by atoms with Crippen molar-refractivity contribution in [3.8, 4) is 0 Å². The summed E-state index contributed by atoms with van der Waals surface area (Å²) in [5.41, 5.74) is 0.807. The highest BCUT2D eigenvalue weighted by molar-refractivity contribution is 6.34. The minimum absolute atomic E-state index is 0.216. The van der Waals surface area contributed by atoms with Crippen LogP contribution in [0.15, 0.2) is 41.3 Å². The molecule has 0 atom stereocenters. The Morgan fingerprint density at radius 2 is 1.92 bits per heavy atom. The van der Waals surface area contributed by atoms with Crippen molar-refractivity contribution in [1.29, 1.82) is 0 Å². The lowest BCUT2D eigenvalue weighted by atomic mass is 10.1. The van der Waals surface area contributed by atoms with E-state index in [4.69, 9.17) is 11.6 Å². The van der Waals surface area contributed by atoms with E-state index in [9.17, 15) is 14.4 Å². The van der Waals surface area contributed by atoms with Crippen LogP contribution in [0.25, 0.3) is 0 Å². The molecule has 1 aliphatic rings. The van der Waals surface area contributed by atoms with Gasteiger partial charge in [-0.3, -0.25) is 14.4 Å². The summed E-state index contributed by atoms with van der Waals surface area (Å²) in [4.78, 5) is 35.8. The number of anilines is 1. The lowest BCUT2D eigenvalue weighted by Crippen LogP contribution is -2.25. The second-order valence-corrected chi connectivity index (χ2v) is 6.17. The van der Waals surface area contributed by atoms with Gasteiger partial charge in [-0.2, -0.15) is 0 Å². The highest BCUT2D eigenvalue weighted by Crippen LogP contribution is 2.24. The molecule has 1 aromatic carbocycles. The average molecular weight is 346 g/mol. The number of pyridine rings is 1. The Morgan fingerprint density at radius 1 is 1.17 bits per heavy atom. The second-order valence-electron chi connectivity index (χ2n) is 5.76. The third-order valence-electron chi connectivity index (χ3n) is 3.75. The molecule has 124 valence electrons. The Kier molecular flexibility index (Phi) is 4.40. The average Bonchev–Trinajstić information content (AvgIpc) is 3.33. The molecule has 2 amide bonds. The highest BCUT2D eigenvalue weighted by atomic mass is 35.5. The van der Waals surface area contributed by atoms with Gasteiger partial charge < -0.3 is 15.2 Å². The number of hydrogen-bond acceptors (Lipinski definition) is 3. The van der Waals surface area contributed by atoms with Gasteiger partial charge in [0.15, 0.2) is 0 Å². The van der Waals surface area contributed by atoms with Crippen molar-refractivity contribution < 1.29 is 9.59 Å². The number of halogens is 1. The number of nitrogens with zero attached hydrogens (tertiary/aromatic N) is 1. The van der Waals surface area contributed by atoms with Crippen molar-refractivity contribution >= 4 is 29.1 Å². The van der Waals surface area contributed by atoms with Gasteiger partial charge in [0.1, 0.15) is 0 Å². The van der Waals surface area contributed by atoms with Crippen molar-refractivity contribution in [2.75, 3.05) is 5.32 Å². The van der Waals surface area contributed by atoms with Gasteiger partial charge in [-0.05, 0) is 37.1 Å². The summed E-state index contributed by atoms with van der Waals surface area (Å²) in [7, 11) is 1.61. The monoisotopic (exact) mass is 345 g/mol. The Bertz CT molecular complexity index is 872. The van der Waals surface area contributed by atoms with E-state index in [1.807, 2.05) is 0 Å². The molecule has 0 saturated heterocycles. The highest BCUT2D eigenvalue weighted by Gasteiger charge is 2.24. The van der Waals surface area contributed by atoms with Crippen LogP contribution < -0.4 is 16.2 Å². The van der Waals surface area contributed by atoms with E-state index < -0.39 is 5.91 Å². The zero-order valence-electron chi connectivity index (χ0n) is 13.0. The fourth-order valence-electron chi connectivity index (χ4n) is 2.16. The molecule has 1 fully saturated rings. The minimum atomic E-state index is -0.418. The maximum absolute atomic E-state index is 12.2. The van der Waals surface area contributed by atoms with Gasteiger partial charge in [-0.25, -0.2) is 0 Å². The molecule has 2 N–H and O–H groups in total. The summed E-state index contributed by atoms with van der Waals surface area (Å²) in [5.74, 6) is -0.633. The first-order chi connectivity index (χ1) is 11.4. The Hall–Kier alpha value is -2.60. The van der Waals surface area contributed by atoms with Crippen molar-refractivity contribution in [3.63, 3.8) is 0 Å². The third-order valence-corrected chi connectivity index (χ3v) is 4.06. The Labute approximate surface area is 143 Å². The topological polar surface area (TPSA) is 80.2 Å². The zero-order chi connectivity index (χ0) is 17.3. The van der Waals surface area contributed by atoms with E-state index >= 15 is 0 Å². The van der Waals surface area contributed by atoms with Crippen molar-refractivity contribution in [2.24, 2.45) is 7.05 Å². The fraction of sp³-hybridized carbons (Fsp3) is 0.235. The Morgan fingerprint density at radius 3 is 2.54 bits per heavy atom. The third kappa shape index (κ3) is 3.65. The minimum Gasteiger partial charge on any atom is -0.349 e. The first-order valence-corrected chi connectivity index (χ1v) is 7.90. The largest absolute Gasteiger partial charge is 0.349 e. The summed E-state index contributed by atoms with van der Waals surface area (Å²) in [5, 5.41) is 5.78. The fourth-order valence-corrected chi connectivity index (χ4v) is 2.43. The van der Waals surface area contributed by atoms with Crippen LogP contribution in [-0.2, 0) is 7.05 Å². The maximum Gasteiger partial charge on any atom is 0.255 e. The second kappa shape index (κ2) is 6.49. The van der Waals surface area contributed by atoms with E-state index in [2.05, 4.69) is 10.6 Å². The van der Waals surface area contributed by atoms with Crippen LogP contribution in [0.2, 0.25) is 5.02 Å². The first kappa shape index (κ1) is 16.3. The molecule has 0 spiro atoms. The number of rotatable bonds is 4. The van der Waals surface area contributed by atoms with Crippen molar-refractivity contribution in [2.45, 2.75) is 18.9 Å². The molecule has 7 heteroatoms. The van der Waals surface area contributed by atoms with Gasteiger partial charge in [0.05, 0.1) is 10.6 Å². The molecule has 2 aromatic rings. The number of hydrogen-bond donors (Lipinski definition) is 2. The van der Waals surface area contributed by atoms with Gasteiger partial charge in [0, 0.05) is 36.6 Å². The number of aromatic nitrogens is 1. The molecule has 1 aromatic heterocycles. The van der Waals surface area contributed by atoms with Crippen LogP contribution in [0, 0.1) is 0 Å². The summed E-state index contributed by atoms with van der Waals surface area (Å²) >= 11 is 6.14. The molecular weight excluding hydrogens is 330 g/mol. The van der Waals surface area contributed by atoms with Crippen LogP contribution in [-0.4, -0.2) is 22.4 Å². The molecule has 0 radical (unpaired) electrons.